The fraction of sp³-hybridized carbons (Fsp3) is 0.0556. The number of nitrogens with zero attached hydrogens (tertiary/aromatic N) is 2. The van der Waals surface area contributed by atoms with Gasteiger partial charge in [0.1, 0.15) is 23.7 Å². The third-order valence-corrected chi connectivity index (χ3v) is 3.34. The number of benzene rings is 2. The van der Waals surface area contributed by atoms with Gasteiger partial charge in [0.05, 0.1) is 5.69 Å². The van der Waals surface area contributed by atoms with E-state index in [-0.39, 0.29) is 11.4 Å². The number of halogens is 1. The molecule has 1 heterocycles. The standard InChI is InChI=1S/C18H15FN4O/c19-14-8-4-5-9-15(14)23-18(24)16-10-17(22-12-21-16)20-11-13-6-2-1-3-7-13/h1-10,12H,11H2,(H,23,24)(H,20,21,22). The van der Waals surface area contributed by atoms with Gasteiger partial charge in [0.25, 0.3) is 5.91 Å². The van der Waals surface area contributed by atoms with Gasteiger partial charge >= 0.3 is 0 Å². The number of amides is 1. The summed E-state index contributed by atoms with van der Waals surface area (Å²) in [7, 11) is 0. The minimum atomic E-state index is -0.498. The Morgan fingerprint density at radius 3 is 2.54 bits per heavy atom. The fourth-order valence-electron chi connectivity index (χ4n) is 2.12. The number of anilines is 2. The molecule has 0 aliphatic heterocycles. The predicted molar refractivity (Wildman–Crippen MR) is 90.2 cm³/mol. The molecule has 0 bridgehead atoms. The Bertz CT molecular complexity index is 839. The molecule has 0 aliphatic rings. The highest BCUT2D eigenvalue weighted by Gasteiger charge is 2.11. The Labute approximate surface area is 138 Å². The van der Waals surface area contributed by atoms with E-state index in [1.54, 1.807) is 12.1 Å². The molecule has 3 aromatic rings. The number of carbonyl (C=O) groups is 1. The molecule has 0 fully saturated rings. The average Bonchev–Trinajstić information content (AvgIpc) is 2.63. The number of hydrogen-bond acceptors (Lipinski definition) is 4. The van der Waals surface area contributed by atoms with Crippen molar-refractivity contribution in [1.29, 1.82) is 0 Å². The molecule has 120 valence electrons. The van der Waals surface area contributed by atoms with Gasteiger partial charge in [0.15, 0.2) is 0 Å². The first-order valence-corrected chi connectivity index (χ1v) is 7.38. The quantitative estimate of drug-likeness (QED) is 0.755. The fourth-order valence-corrected chi connectivity index (χ4v) is 2.12. The van der Waals surface area contributed by atoms with Gasteiger partial charge in [0, 0.05) is 12.6 Å². The van der Waals surface area contributed by atoms with Gasteiger partial charge in [-0.1, -0.05) is 42.5 Å². The van der Waals surface area contributed by atoms with E-state index in [0.717, 1.165) is 5.56 Å². The Morgan fingerprint density at radius 2 is 1.75 bits per heavy atom. The Hall–Kier alpha value is -3.28. The van der Waals surface area contributed by atoms with Crippen molar-refractivity contribution < 1.29 is 9.18 Å². The number of carbonyl (C=O) groups excluding carboxylic acids is 1. The second-order valence-corrected chi connectivity index (χ2v) is 5.06. The smallest absolute Gasteiger partial charge is 0.274 e. The number of nitrogens with one attached hydrogen (secondary N) is 2. The maximum Gasteiger partial charge on any atom is 0.274 e. The second-order valence-electron chi connectivity index (χ2n) is 5.06. The van der Waals surface area contributed by atoms with Crippen molar-refractivity contribution in [3.05, 3.63) is 84.1 Å². The van der Waals surface area contributed by atoms with Crippen LogP contribution in [0.5, 0.6) is 0 Å². The van der Waals surface area contributed by atoms with Gasteiger partial charge in [0.2, 0.25) is 0 Å². The van der Waals surface area contributed by atoms with E-state index in [9.17, 15) is 9.18 Å². The summed E-state index contributed by atoms with van der Waals surface area (Å²) in [6.45, 7) is 0.576. The maximum absolute atomic E-state index is 13.6. The van der Waals surface area contributed by atoms with Crippen LogP contribution in [0, 0.1) is 5.82 Å². The lowest BCUT2D eigenvalue weighted by Crippen LogP contribution is -2.15. The highest BCUT2D eigenvalue weighted by atomic mass is 19.1. The van der Waals surface area contributed by atoms with E-state index < -0.39 is 11.7 Å². The first kappa shape index (κ1) is 15.6. The summed E-state index contributed by atoms with van der Waals surface area (Å²) in [6.07, 6.45) is 1.30. The van der Waals surface area contributed by atoms with Crippen LogP contribution >= 0.6 is 0 Å². The van der Waals surface area contributed by atoms with Crippen LogP contribution < -0.4 is 10.6 Å². The van der Waals surface area contributed by atoms with Crippen molar-refractivity contribution in [2.45, 2.75) is 6.54 Å². The average molecular weight is 322 g/mol. The predicted octanol–water partition coefficient (Wildman–Crippen LogP) is 3.48. The molecule has 24 heavy (non-hydrogen) atoms. The third-order valence-electron chi connectivity index (χ3n) is 3.34. The van der Waals surface area contributed by atoms with Crippen LogP contribution in [0.1, 0.15) is 16.1 Å². The van der Waals surface area contributed by atoms with Gasteiger partial charge in [-0.25, -0.2) is 14.4 Å². The number of para-hydroxylation sites is 1. The van der Waals surface area contributed by atoms with Crippen molar-refractivity contribution in [2.75, 3.05) is 10.6 Å². The van der Waals surface area contributed by atoms with Crippen LogP contribution in [-0.2, 0) is 6.54 Å². The van der Waals surface area contributed by atoms with Crippen LogP contribution in [0.15, 0.2) is 67.0 Å². The van der Waals surface area contributed by atoms with Crippen molar-refractivity contribution in [2.24, 2.45) is 0 Å². The largest absolute Gasteiger partial charge is 0.366 e. The summed E-state index contributed by atoms with van der Waals surface area (Å²) >= 11 is 0. The second kappa shape index (κ2) is 7.32. The molecule has 0 saturated carbocycles. The molecular formula is C18H15FN4O. The minimum absolute atomic E-state index is 0.111. The Balaban J connectivity index is 1.68. The lowest BCUT2D eigenvalue weighted by atomic mass is 10.2. The van der Waals surface area contributed by atoms with E-state index in [2.05, 4.69) is 20.6 Å². The molecule has 2 aromatic carbocycles. The maximum atomic E-state index is 13.6. The summed E-state index contributed by atoms with van der Waals surface area (Å²) in [4.78, 5) is 20.2. The van der Waals surface area contributed by atoms with Crippen molar-refractivity contribution in [3.63, 3.8) is 0 Å². The molecule has 0 atom stereocenters. The zero-order valence-corrected chi connectivity index (χ0v) is 12.7. The SMILES string of the molecule is O=C(Nc1ccccc1F)c1cc(NCc2ccccc2)ncn1. The van der Waals surface area contributed by atoms with Crippen molar-refractivity contribution in [1.82, 2.24) is 9.97 Å². The summed E-state index contributed by atoms with van der Waals surface area (Å²) in [5.74, 6) is -0.472. The van der Waals surface area contributed by atoms with Crippen molar-refractivity contribution in [3.8, 4) is 0 Å². The highest BCUT2D eigenvalue weighted by Crippen LogP contribution is 2.14. The van der Waals surface area contributed by atoms with Gasteiger partial charge in [-0.2, -0.15) is 0 Å². The Morgan fingerprint density at radius 1 is 1.00 bits per heavy atom. The van der Waals surface area contributed by atoms with Crippen LogP contribution in [0.3, 0.4) is 0 Å². The number of hydrogen-bond donors (Lipinski definition) is 2. The molecule has 2 N–H and O–H groups in total. The zero-order valence-electron chi connectivity index (χ0n) is 12.7. The molecule has 1 aromatic heterocycles. The van der Waals surface area contributed by atoms with Gasteiger partial charge in [-0.3, -0.25) is 4.79 Å². The molecule has 0 aliphatic carbocycles. The van der Waals surface area contributed by atoms with Gasteiger partial charge in [-0.15, -0.1) is 0 Å². The lowest BCUT2D eigenvalue weighted by molar-refractivity contribution is 0.102. The van der Waals surface area contributed by atoms with Gasteiger partial charge in [-0.05, 0) is 17.7 Å². The highest BCUT2D eigenvalue weighted by molar-refractivity contribution is 6.03. The third kappa shape index (κ3) is 3.92. The molecule has 0 unspecified atom stereocenters. The van der Waals surface area contributed by atoms with E-state index in [1.807, 2.05) is 30.3 Å². The molecule has 1 amide bonds. The lowest BCUT2D eigenvalue weighted by Gasteiger charge is -2.08. The van der Waals surface area contributed by atoms with Gasteiger partial charge < -0.3 is 10.6 Å². The molecule has 0 spiro atoms. The van der Waals surface area contributed by atoms with E-state index >= 15 is 0 Å². The molecular weight excluding hydrogens is 307 g/mol. The summed E-state index contributed by atoms with van der Waals surface area (Å²) in [5.41, 5.74) is 1.36. The molecule has 0 radical (unpaired) electrons. The van der Waals surface area contributed by atoms with Crippen LogP contribution in [0.25, 0.3) is 0 Å². The molecule has 5 nitrogen and oxygen atoms in total. The monoisotopic (exact) mass is 322 g/mol. The Kier molecular flexibility index (Phi) is 4.76. The summed E-state index contributed by atoms with van der Waals surface area (Å²) in [6, 6.07) is 17.3. The molecule has 6 heteroatoms. The normalized spacial score (nSPS) is 10.2. The molecule has 3 rings (SSSR count). The van der Waals surface area contributed by atoms with Crippen molar-refractivity contribution >= 4 is 17.4 Å². The first-order valence-electron chi connectivity index (χ1n) is 7.38. The first-order chi connectivity index (χ1) is 11.7. The van der Waals surface area contributed by atoms with E-state index in [1.165, 1.54) is 24.5 Å². The van der Waals surface area contributed by atoms with E-state index in [0.29, 0.717) is 12.4 Å². The molecule has 0 saturated heterocycles. The summed E-state index contributed by atoms with van der Waals surface area (Å²) < 4.78 is 13.6. The van der Waals surface area contributed by atoms with Crippen LogP contribution in [0.2, 0.25) is 0 Å². The minimum Gasteiger partial charge on any atom is -0.366 e. The van der Waals surface area contributed by atoms with Crippen LogP contribution in [0.4, 0.5) is 15.9 Å². The topological polar surface area (TPSA) is 66.9 Å². The number of rotatable bonds is 5. The van der Waals surface area contributed by atoms with E-state index in [4.69, 9.17) is 0 Å². The van der Waals surface area contributed by atoms with Crippen LogP contribution in [-0.4, -0.2) is 15.9 Å². The number of aromatic nitrogens is 2. The summed E-state index contributed by atoms with van der Waals surface area (Å²) in [5, 5.41) is 5.62. The zero-order chi connectivity index (χ0) is 16.8.